The van der Waals surface area contributed by atoms with Gasteiger partial charge >= 0.3 is 11.9 Å². The lowest BCUT2D eigenvalue weighted by Crippen LogP contribution is -2.69. The molecule has 1 aromatic carbocycles. The highest BCUT2D eigenvalue weighted by Gasteiger charge is 2.72. The predicted molar refractivity (Wildman–Crippen MR) is 413 cm³/mol. The molecule has 658 valence electrons. The Morgan fingerprint density at radius 3 is 1.83 bits per heavy atom. The number of aldehydes is 1. The number of aliphatic hydroxyl groups is 16. The van der Waals surface area contributed by atoms with Crippen molar-refractivity contribution in [3.8, 4) is 0 Å². The van der Waals surface area contributed by atoms with Crippen LogP contribution in [-0.4, -0.2) is 338 Å². The molecule has 38 atom stereocenters. The van der Waals surface area contributed by atoms with E-state index in [2.05, 4.69) is 82.7 Å². The molecule has 0 spiro atoms. The minimum atomic E-state index is -2.24. The van der Waals surface area contributed by atoms with Gasteiger partial charge in [0.1, 0.15) is 109 Å². The van der Waals surface area contributed by atoms with E-state index in [1.54, 1.807) is 19.1 Å². The maximum Gasteiger partial charge on any atom is 0.335 e. The summed E-state index contributed by atoms with van der Waals surface area (Å²) in [5.41, 5.74) is -4.87. The van der Waals surface area contributed by atoms with E-state index in [4.69, 9.17) is 56.8 Å². The Labute approximate surface area is 698 Å². The number of benzene rings is 1. The van der Waals surface area contributed by atoms with Crippen molar-refractivity contribution in [2.45, 2.75) is 314 Å². The van der Waals surface area contributed by atoms with Gasteiger partial charge in [-0.25, -0.2) is 4.79 Å². The largest absolute Gasteiger partial charge is 0.479 e. The van der Waals surface area contributed by atoms with E-state index in [1.807, 2.05) is 32.9 Å². The first kappa shape index (κ1) is 93.6. The number of aliphatic hydroxyl groups excluding tert-OH is 16. The number of fused-ring (bicyclic) bond motifs is 5. The minimum absolute atomic E-state index is 0.0128. The molecule has 116 heavy (non-hydrogen) atoms. The lowest BCUT2D eigenvalue weighted by Gasteiger charge is -2.70. The van der Waals surface area contributed by atoms with Crippen molar-refractivity contribution in [2.24, 2.45) is 50.2 Å². The molecule has 0 radical (unpaired) electrons. The molecule has 36 nitrogen and oxygen atoms in total. The summed E-state index contributed by atoms with van der Waals surface area (Å²) in [7, 11) is 0. The van der Waals surface area contributed by atoms with Crippen LogP contribution in [0.5, 0.6) is 0 Å². The molecule has 19 N–H and O–H groups in total. The number of unbranched alkanes of at least 4 members (excludes halogenated alkanes) is 2. The molecule has 11 rings (SSSR count). The van der Waals surface area contributed by atoms with Gasteiger partial charge in [-0.2, -0.15) is 0 Å². The number of hydrogen-bond acceptors (Lipinski definition) is 33. The standard InChI is InChI=1S/C78H118I2N2O34/c1-33-58(111-67-54(97)49(92)38(87)30-105-67)48(91)36(27-83)66(107-33)114-61-52(95)47(82-46(90)12-10-9-11-25-81-64(101)34-13-15-35(79)16-14-34)40(28-84)108-70(61)116-72(104)78(24-23-73(2,3)4)44(89)26-77(8)37(63(78)80)17-18-43-74(5)21-20-45(75(6,32-86)42(74)19-22-76(43,77)7)110-71-62(115-69-56(99)53(96)51(94)41(29-85)109-69)59(57(100)60(113-71)65(102)103)112-68-55(98)50(93)39(88)31-106-68/h13-17,32-33,36,38-45,47-63,66-71,83-85,87-89,91-100H,9-12,18-31H2,1-8H3,(H,81,101)(H,82,90)(H,102,103)/t33?,36?,38-,39-,40?,41?,42?,43?,44?,45+,47+,48?,49?,50?,51+,52?,53?,54?,55?,56?,57+,58+,59?,60?,61?,62?,63?,66+,67+,68+,69+,70+,71-,74?,75?,76?,77?,78+/m1/s1. The van der Waals surface area contributed by atoms with Crippen molar-refractivity contribution >= 4 is 75.2 Å². The van der Waals surface area contributed by atoms with Gasteiger partial charge in [0.2, 0.25) is 12.2 Å². The summed E-state index contributed by atoms with van der Waals surface area (Å²) < 4.78 is 73.8. The first-order valence-corrected chi connectivity index (χ1v) is 42.3. The predicted octanol–water partition coefficient (Wildman–Crippen LogP) is -2.07. The van der Waals surface area contributed by atoms with Crippen LogP contribution >= 0.6 is 45.2 Å². The highest BCUT2D eigenvalue weighted by molar-refractivity contribution is 14.1. The van der Waals surface area contributed by atoms with E-state index < -0.39 is 277 Å². The average molecular weight is 1880 g/mol. The zero-order chi connectivity index (χ0) is 85.0. The topological polar surface area (TPSA) is 564 Å². The Bertz CT molecular complexity index is 3550. The van der Waals surface area contributed by atoms with Gasteiger partial charge in [-0.05, 0) is 151 Å². The zero-order valence-electron chi connectivity index (χ0n) is 66.0. The molecule has 24 unspecified atom stereocenters. The first-order chi connectivity index (χ1) is 54.6. The van der Waals surface area contributed by atoms with Crippen LogP contribution in [0.3, 0.4) is 0 Å². The SMILES string of the molecule is CC1O[C@@H](OC2C(O)[C@@H](NC(=O)CCCCCNC(=O)c3ccc(I)cc3)C(CO)O[C@H]2OC(=O)[C@@]2(CCC(C)(C)C)C(O)CC3(C)C(=CCC4C5(C)CC[C@H](O[C@@H]6OC(C(=O)O)[C@@H](O)C(O[C@@H]7OC[C@@H](O)C(O)C7O)C6O[C@@H]6OC(CO)[C@H](O)C(O)C6O)C(C)(C=O)C5CCC43C)C2I)C(CO)C(O)[C@H]1O[C@@H]1OC[C@@H](O)C(O)C1O. The average Bonchev–Trinajstić information content (AvgIpc) is 0.673. The highest BCUT2D eigenvalue weighted by Crippen LogP contribution is 2.75. The molecule has 6 saturated heterocycles. The lowest BCUT2D eigenvalue weighted by atomic mass is 9.35. The van der Waals surface area contributed by atoms with Gasteiger partial charge in [0, 0.05) is 22.1 Å². The van der Waals surface area contributed by atoms with Crippen LogP contribution < -0.4 is 10.6 Å². The minimum Gasteiger partial charge on any atom is -0.479 e. The van der Waals surface area contributed by atoms with Crippen molar-refractivity contribution in [1.29, 1.82) is 0 Å². The molecule has 2 amide bonds. The van der Waals surface area contributed by atoms with Gasteiger partial charge in [-0.1, -0.05) is 89.1 Å². The fourth-order valence-electron chi connectivity index (χ4n) is 19.8. The number of aliphatic carboxylic acids is 1. The highest BCUT2D eigenvalue weighted by atomic mass is 127. The van der Waals surface area contributed by atoms with Crippen LogP contribution in [0.4, 0.5) is 0 Å². The molecule has 0 bridgehead atoms. The lowest BCUT2D eigenvalue weighted by molar-refractivity contribution is -0.391. The van der Waals surface area contributed by atoms with Gasteiger partial charge in [-0.15, -0.1) is 0 Å². The Morgan fingerprint density at radius 1 is 0.621 bits per heavy atom. The van der Waals surface area contributed by atoms with Crippen LogP contribution in [0, 0.1) is 53.8 Å². The third kappa shape index (κ3) is 18.2. The molecule has 6 heterocycles. The van der Waals surface area contributed by atoms with Crippen molar-refractivity contribution in [2.75, 3.05) is 39.6 Å². The molecule has 0 aromatic heterocycles. The normalized spacial score (nSPS) is 46.6. The third-order valence-electron chi connectivity index (χ3n) is 27.0. The van der Waals surface area contributed by atoms with Gasteiger partial charge < -0.3 is 159 Å². The Morgan fingerprint density at radius 2 is 1.22 bits per heavy atom. The molecular formula is C78H118I2N2O34. The van der Waals surface area contributed by atoms with Gasteiger partial charge in [0.05, 0.1) is 78.7 Å². The third-order valence-corrected chi connectivity index (χ3v) is 29.5. The number of halogens is 2. The second-order valence-electron chi connectivity index (χ2n) is 35.3. The van der Waals surface area contributed by atoms with Crippen LogP contribution in [-0.2, 0) is 76.0 Å². The summed E-state index contributed by atoms with van der Waals surface area (Å²) in [5, 5.41) is 195. The van der Waals surface area contributed by atoms with Gasteiger partial charge in [0.15, 0.2) is 43.7 Å². The number of amides is 2. The monoisotopic (exact) mass is 1880 g/mol. The van der Waals surface area contributed by atoms with Gasteiger partial charge in [0.25, 0.3) is 5.91 Å². The van der Waals surface area contributed by atoms with E-state index in [-0.39, 0.29) is 37.5 Å². The molecule has 6 aliphatic heterocycles. The zero-order valence-corrected chi connectivity index (χ0v) is 70.4. The number of carbonyl (C=O) groups is 5. The number of carboxylic acid groups (broad SMARTS) is 1. The van der Waals surface area contributed by atoms with E-state index in [1.165, 1.54) is 6.92 Å². The van der Waals surface area contributed by atoms with Crippen LogP contribution in [0.2, 0.25) is 0 Å². The second kappa shape index (κ2) is 37.8. The number of nitrogens with one attached hydrogen (secondary N) is 2. The summed E-state index contributed by atoms with van der Waals surface area (Å²) in [4.78, 5) is 70.4. The second-order valence-corrected chi connectivity index (χ2v) is 37.8. The number of alkyl halides is 1. The maximum atomic E-state index is 16.3. The Hall–Kier alpha value is -3.11. The Balaban J connectivity index is 0.864. The molecule has 10 aliphatic rings. The van der Waals surface area contributed by atoms with E-state index in [9.17, 15) is 106 Å². The molecule has 3 saturated carbocycles. The quantitative estimate of drug-likeness (QED) is 0.00856. The number of ether oxygens (including phenoxy) is 12. The number of carboxylic acids is 1. The number of carbonyl (C=O) groups excluding carboxylic acids is 4. The molecular weight excluding hydrogens is 1760 g/mol. The van der Waals surface area contributed by atoms with Crippen molar-refractivity contribution in [3.63, 3.8) is 0 Å². The first-order valence-electron chi connectivity index (χ1n) is 40.0. The Kier molecular flexibility index (Phi) is 30.5. The summed E-state index contributed by atoms with van der Waals surface area (Å²) in [6.07, 6.45) is -43.9. The number of hydrogen-bond donors (Lipinski definition) is 19. The molecule has 1 aromatic rings. The van der Waals surface area contributed by atoms with E-state index >= 15 is 4.79 Å². The van der Waals surface area contributed by atoms with Crippen molar-refractivity contribution in [3.05, 3.63) is 45.0 Å². The molecule has 38 heteroatoms. The number of esters is 1. The van der Waals surface area contributed by atoms with Crippen LogP contribution in [0.15, 0.2) is 35.9 Å². The summed E-state index contributed by atoms with van der Waals surface area (Å²) in [6, 6.07) is 5.56. The molecule has 9 fully saturated rings. The van der Waals surface area contributed by atoms with Crippen molar-refractivity contribution < 1.29 is 168 Å². The summed E-state index contributed by atoms with van der Waals surface area (Å²) in [6.45, 7) is 11.9. The van der Waals surface area contributed by atoms with Crippen molar-refractivity contribution in [1.82, 2.24) is 10.6 Å². The summed E-state index contributed by atoms with van der Waals surface area (Å²) in [5.74, 6) is -5.85. The van der Waals surface area contributed by atoms with E-state index in [0.717, 1.165) is 15.4 Å². The summed E-state index contributed by atoms with van der Waals surface area (Å²) >= 11 is 4.34. The molecule has 4 aliphatic carbocycles. The number of rotatable bonds is 27. The van der Waals surface area contributed by atoms with E-state index in [0.29, 0.717) is 63.5 Å². The fourth-order valence-corrected chi connectivity index (χ4v) is 22.1. The fraction of sp³-hybridized carbons (Fsp3) is 0.833. The smallest absolute Gasteiger partial charge is 0.335 e. The number of allylic oxidation sites excluding steroid dienone is 2. The maximum absolute atomic E-state index is 16.3. The van der Waals surface area contributed by atoms with Crippen LogP contribution in [0.1, 0.15) is 143 Å². The van der Waals surface area contributed by atoms with Gasteiger partial charge in [-0.3, -0.25) is 14.4 Å². The van der Waals surface area contributed by atoms with Crippen LogP contribution in [0.25, 0.3) is 0 Å².